The minimum absolute atomic E-state index is 0.186. The number of aromatic amines is 1. The molecule has 1 atom stereocenters. The van der Waals surface area contributed by atoms with E-state index in [1.807, 2.05) is 6.07 Å². The molecule has 0 aliphatic carbocycles. The van der Waals surface area contributed by atoms with Crippen molar-refractivity contribution in [3.05, 3.63) is 65.4 Å². The van der Waals surface area contributed by atoms with Crippen LogP contribution in [0, 0.1) is 6.92 Å². The van der Waals surface area contributed by atoms with Gasteiger partial charge in [0, 0.05) is 22.2 Å². The molecule has 3 rings (SSSR count). The van der Waals surface area contributed by atoms with Crippen LogP contribution in [0.5, 0.6) is 5.75 Å². The van der Waals surface area contributed by atoms with Gasteiger partial charge in [-0.3, -0.25) is 4.90 Å². The number of nitrogens with one attached hydrogen (secondary N) is 1. The number of ether oxygens (including phenoxy) is 1. The van der Waals surface area contributed by atoms with Gasteiger partial charge in [-0.15, -0.1) is 0 Å². The second-order valence-corrected chi connectivity index (χ2v) is 5.85. The standard InChI is InChI=1S/C19H22N2O/c1-13-18(16-10-5-6-11-17(16)20-13)19(21(2)3)14-8-7-9-15(12-14)22-4/h5-12,19-20H,1-4H3. The Morgan fingerprint density at radius 3 is 2.55 bits per heavy atom. The molecule has 0 spiro atoms. The number of H-pyrrole nitrogens is 1. The number of aromatic nitrogens is 1. The lowest BCUT2D eigenvalue weighted by molar-refractivity contribution is 0.341. The number of hydrogen-bond acceptors (Lipinski definition) is 2. The van der Waals surface area contributed by atoms with Crippen molar-refractivity contribution >= 4 is 10.9 Å². The van der Waals surface area contributed by atoms with E-state index in [1.165, 1.54) is 27.7 Å². The quantitative estimate of drug-likeness (QED) is 0.783. The van der Waals surface area contributed by atoms with Gasteiger partial charge in [-0.2, -0.15) is 0 Å². The second kappa shape index (κ2) is 5.85. The molecule has 2 aromatic carbocycles. The molecule has 0 saturated carbocycles. The van der Waals surface area contributed by atoms with E-state index in [0.29, 0.717) is 0 Å². The molecule has 1 heterocycles. The number of aryl methyl sites for hydroxylation is 1. The molecule has 0 radical (unpaired) electrons. The molecule has 1 aromatic heterocycles. The van der Waals surface area contributed by atoms with Crippen molar-refractivity contribution in [3.8, 4) is 5.75 Å². The molecule has 114 valence electrons. The van der Waals surface area contributed by atoms with Crippen LogP contribution in [0.3, 0.4) is 0 Å². The van der Waals surface area contributed by atoms with Crippen LogP contribution in [-0.4, -0.2) is 31.1 Å². The maximum absolute atomic E-state index is 5.39. The molecular weight excluding hydrogens is 272 g/mol. The summed E-state index contributed by atoms with van der Waals surface area (Å²) in [6.07, 6.45) is 0. The summed E-state index contributed by atoms with van der Waals surface area (Å²) in [6, 6.07) is 17.0. The van der Waals surface area contributed by atoms with Gasteiger partial charge in [-0.1, -0.05) is 30.3 Å². The van der Waals surface area contributed by atoms with E-state index in [9.17, 15) is 0 Å². The highest BCUT2D eigenvalue weighted by molar-refractivity contribution is 5.85. The smallest absolute Gasteiger partial charge is 0.119 e. The van der Waals surface area contributed by atoms with Gasteiger partial charge < -0.3 is 9.72 Å². The normalized spacial score (nSPS) is 12.8. The Hall–Kier alpha value is -2.26. The lowest BCUT2D eigenvalue weighted by Crippen LogP contribution is -2.21. The van der Waals surface area contributed by atoms with E-state index >= 15 is 0 Å². The largest absolute Gasteiger partial charge is 0.497 e. The van der Waals surface area contributed by atoms with Gasteiger partial charge in [0.25, 0.3) is 0 Å². The zero-order valence-electron chi connectivity index (χ0n) is 13.6. The molecule has 3 aromatic rings. The summed E-state index contributed by atoms with van der Waals surface area (Å²) in [6.45, 7) is 2.14. The zero-order valence-corrected chi connectivity index (χ0v) is 13.6. The second-order valence-electron chi connectivity index (χ2n) is 5.85. The van der Waals surface area contributed by atoms with Gasteiger partial charge in [0.05, 0.1) is 13.2 Å². The molecule has 22 heavy (non-hydrogen) atoms. The molecular formula is C19H22N2O. The Balaban J connectivity index is 2.20. The highest BCUT2D eigenvalue weighted by atomic mass is 16.5. The third kappa shape index (κ3) is 2.48. The van der Waals surface area contributed by atoms with Gasteiger partial charge in [-0.25, -0.2) is 0 Å². The van der Waals surface area contributed by atoms with Crippen molar-refractivity contribution in [2.45, 2.75) is 13.0 Å². The van der Waals surface area contributed by atoms with Crippen LogP contribution >= 0.6 is 0 Å². The van der Waals surface area contributed by atoms with Crippen LogP contribution in [0.25, 0.3) is 10.9 Å². The highest BCUT2D eigenvalue weighted by Crippen LogP contribution is 2.35. The van der Waals surface area contributed by atoms with E-state index in [1.54, 1.807) is 7.11 Å². The average Bonchev–Trinajstić information content (AvgIpc) is 2.84. The zero-order chi connectivity index (χ0) is 15.7. The van der Waals surface area contributed by atoms with Crippen molar-refractivity contribution in [1.82, 2.24) is 9.88 Å². The van der Waals surface area contributed by atoms with Gasteiger partial charge >= 0.3 is 0 Å². The Morgan fingerprint density at radius 1 is 1.05 bits per heavy atom. The predicted octanol–water partition coefficient (Wildman–Crippen LogP) is 4.14. The topological polar surface area (TPSA) is 28.3 Å². The molecule has 0 saturated heterocycles. The Morgan fingerprint density at radius 2 is 1.82 bits per heavy atom. The molecule has 3 heteroatoms. The van der Waals surface area contributed by atoms with Crippen LogP contribution in [-0.2, 0) is 0 Å². The number of fused-ring (bicyclic) bond motifs is 1. The van der Waals surface area contributed by atoms with Crippen LogP contribution in [0.2, 0.25) is 0 Å². The number of hydrogen-bond donors (Lipinski definition) is 1. The van der Waals surface area contributed by atoms with Gasteiger partial charge in [0.15, 0.2) is 0 Å². The van der Waals surface area contributed by atoms with E-state index < -0.39 is 0 Å². The minimum Gasteiger partial charge on any atom is -0.497 e. The van der Waals surface area contributed by atoms with Crippen molar-refractivity contribution in [3.63, 3.8) is 0 Å². The maximum atomic E-state index is 5.39. The Kier molecular flexibility index (Phi) is 3.90. The summed E-state index contributed by atoms with van der Waals surface area (Å²) in [4.78, 5) is 5.75. The fraction of sp³-hybridized carbons (Fsp3) is 0.263. The molecule has 0 bridgehead atoms. The van der Waals surface area contributed by atoms with Crippen LogP contribution < -0.4 is 4.74 Å². The first kappa shape index (κ1) is 14.7. The average molecular weight is 294 g/mol. The van der Waals surface area contributed by atoms with E-state index in [-0.39, 0.29) is 6.04 Å². The molecule has 1 unspecified atom stereocenters. The Bertz CT molecular complexity index is 789. The number of nitrogens with zero attached hydrogens (tertiary/aromatic N) is 1. The number of benzene rings is 2. The van der Waals surface area contributed by atoms with Crippen molar-refractivity contribution in [1.29, 1.82) is 0 Å². The van der Waals surface area contributed by atoms with Crippen LogP contribution in [0.4, 0.5) is 0 Å². The molecule has 0 amide bonds. The summed E-state index contributed by atoms with van der Waals surface area (Å²) in [5.74, 6) is 0.891. The van der Waals surface area contributed by atoms with Crippen molar-refractivity contribution < 1.29 is 4.74 Å². The van der Waals surface area contributed by atoms with Crippen LogP contribution in [0.15, 0.2) is 48.5 Å². The third-order valence-corrected chi connectivity index (χ3v) is 4.14. The number of methoxy groups -OCH3 is 1. The summed E-state index contributed by atoms with van der Waals surface area (Å²) in [5.41, 5.74) is 4.96. The molecule has 0 aliphatic heterocycles. The first-order chi connectivity index (χ1) is 10.6. The monoisotopic (exact) mass is 294 g/mol. The van der Waals surface area contributed by atoms with Crippen LogP contribution in [0.1, 0.15) is 22.9 Å². The number of para-hydroxylation sites is 1. The molecule has 1 N–H and O–H groups in total. The molecule has 0 aliphatic rings. The SMILES string of the molecule is COc1cccc(C(c2c(C)[nH]c3ccccc23)N(C)C)c1. The van der Waals surface area contributed by atoms with E-state index in [4.69, 9.17) is 4.74 Å². The summed E-state index contributed by atoms with van der Waals surface area (Å²) >= 11 is 0. The summed E-state index contributed by atoms with van der Waals surface area (Å²) in [7, 11) is 5.94. The van der Waals surface area contributed by atoms with E-state index in [0.717, 1.165) is 5.75 Å². The highest BCUT2D eigenvalue weighted by Gasteiger charge is 2.22. The summed E-state index contributed by atoms with van der Waals surface area (Å²) in [5, 5.41) is 1.28. The predicted molar refractivity (Wildman–Crippen MR) is 91.6 cm³/mol. The fourth-order valence-corrected chi connectivity index (χ4v) is 3.19. The van der Waals surface area contributed by atoms with Gasteiger partial charge in [0.2, 0.25) is 0 Å². The van der Waals surface area contributed by atoms with Gasteiger partial charge in [-0.05, 0) is 44.8 Å². The maximum Gasteiger partial charge on any atom is 0.119 e. The fourth-order valence-electron chi connectivity index (χ4n) is 3.19. The van der Waals surface area contributed by atoms with Crippen molar-refractivity contribution in [2.24, 2.45) is 0 Å². The molecule has 3 nitrogen and oxygen atoms in total. The van der Waals surface area contributed by atoms with E-state index in [2.05, 4.69) is 73.4 Å². The first-order valence-electron chi connectivity index (χ1n) is 7.49. The summed E-state index contributed by atoms with van der Waals surface area (Å²) < 4.78 is 5.39. The minimum atomic E-state index is 0.186. The first-order valence-corrected chi connectivity index (χ1v) is 7.49. The Labute approximate surface area is 131 Å². The van der Waals surface area contributed by atoms with Gasteiger partial charge in [0.1, 0.15) is 5.75 Å². The lowest BCUT2D eigenvalue weighted by atomic mass is 9.95. The number of rotatable bonds is 4. The van der Waals surface area contributed by atoms with Crippen molar-refractivity contribution in [2.75, 3.05) is 21.2 Å². The third-order valence-electron chi connectivity index (χ3n) is 4.14. The molecule has 0 fully saturated rings. The lowest BCUT2D eigenvalue weighted by Gasteiger charge is -2.26.